The lowest BCUT2D eigenvalue weighted by Gasteiger charge is -2.22. The summed E-state index contributed by atoms with van der Waals surface area (Å²) in [5.74, 6) is 1.34. The molecule has 0 saturated carbocycles. The van der Waals surface area contributed by atoms with Gasteiger partial charge in [-0.25, -0.2) is 4.79 Å². The molecule has 1 aromatic rings. The summed E-state index contributed by atoms with van der Waals surface area (Å²) in [6.45, 7) is 3.44. The van der Waals surface area contributed by atoms with Crippen LogP contribution in [0.5, 0.6) is 0 Å². The van der Waals surface area contributed by atoms with Crippen molar-refractivity contribution < 1.29 is 14.4 Å². The predicted octanol–water partition coefficient (Wildman–Crippen LogP) is 1.16. The smallest absolute Gasteiger partial charge is 0.325 e. The maximum atomic E-state index is 12.7. The van der Waals surface area contributed by atoms with E-state index >= 15 is 0 Å². The SMILES string of the molecule is C#CCNC(=O)CN1C(=O)N[C@](C)(c2ccc(CCC)cc2)C1=O. The second-order valence-electron chi connectivity index (χ2n) is 5.87. The van der Waals surface area contributed by atoms with E-state index in [4.69, 9.17) is 6.42 Å². The molecule has 6 nitrogen and oxygen atoms in total. The van der Waals surface area contributed by atoms with Crippen LogP contribution in [0, 0.1) is 12.3 Å². The molecule has 1 heterocycles. The molecule has 2 rings (SSSR count). The molecule has 126 valence electrons. The lowest BCUT2D eigenvalue weighted by molar-refractivity contribution is -0.134. The zero-order valence-electron chi connectivity index (χ0n) is 13.9. The minimum Gasteiger partial charge on any atom is -0.344 e. The highest BCUT2D eigenvalue weighted by atomic mass is 16.2. The zero-order valence-corrected chi connectivity index (χ0v) is 13.9. The third kappa shape index (κ3) is 3.40. The van der Waals surface area contributed by atoms with E-state index in [1.54, 1.807) is 6.92 Å². The van der Waals surface area contributed by atoms with E-state index in [-0.39, 0.29) is 13.1 Å². The van der Waals surface area contributed by atoms with Gasteiger partial charge in [0.2, 0.25) is 5.91 Å². The van der Waals surface area contributed by atoms with Crippen LogP contribution in [0.25, 0.3) is 0 Å². The van der Waals surface area contributed by atoms with Crippen molar-refractivity contribution in [2.75, 3.05) is 13.1 Å². The van der Waals surface area contributed by atoms with E-state index in [2.05, 4.69) is 23.5 Å². The predicted molar refractivity (Wildman–Crippen MR) is 89.9 cm³/mol. The molecule has 24 heavy (non-hydrogen) atoms. The van der Waals surface area contributed by atoms with Gasteiger partial charge in [0.25, 0.3) is 5.91 Å². The van der Waals surface area contributed by atoms with Gasteiger partial charge in [-0.2, -0.15) is 0 Å². The number of terminal acetylenes is 1. The number of hydrogen-bond donors (Lipinski definition) is 2. The first-order valence-electron chi connectivity index (χ1n) is 7.86. The van der Waals surface area contributed by atoms with Crippen molar-refractivity contribution in [3.05, 3.63) is 35.4 Å². The molecule has 1 aliphatic heterocycles. The minimum atomic E-state index is -1.17. The number of aryl methyl sites for hydroxylation is 1. The Morgan fingerprint density at radius 1 is 1.33 bits per heavy atom. The Morgan fingerprint density at radius 3 is 2.58 bits per heavy atom. The summed E-state index contributed by atoms with van der Waals surface area (Å²) in [6.07, 6.45) is 7.06. The summed E-state index contributed by atoms with van der Waals surface area (Å²) in [5, 5.41) is 5.12. The van der Waals surface area contributed by atoms with Crippen LogP contribution < -0.4 is 10.6 Å². The van der Waals surface area contributed by atoms with Gasteiger partial charge >= 0.3 is 6.03 Å². The number of carbonyl (C=O) groups is 3. The number of imide groups is 1. The number of hydrogen-bond acceptors (Lipinski definition) is 3. The van der Waals surface area contributed by atoms with E-state index in [0.717, 1.165) is 17.7 Å². The van der Waals surface area contributed by atoms with E-state index in [1.165, 1.54) is 5.56 Å². The molecule has 2 N–H and O–H groups in total. The molecule has 0 bridgehead atoms. The number of amides is 4. The molecule has 1 atom stereocenters. The normalized spacial score (nSPS) is 19.8. The summed E-state index contributed by atoms with van der Waals surface area (Å²) in [7, 11) is 0. The number of urea groups is 1. The Kier molecular flexibility index (Phi) is 5.24. The van der Waals surface area contributed by atoms with Crippen molar-refractivity contribution in [1.82, 2.24) is 15.5 Å². The molecule has 1 saturated heterocycles. The van der Waals surface area contributed by atoms with Crippen molar-refractivity contribution in [1.29, 1.82) is 0 Å². The van der Waals surface area contributed by atoms with Gasteiger partial charge in [0, 0.05) is 0 Å². The fourth-order valence-electron chi connectivity index (χ4n) is 2.68. The zero-order chi connectivity index (χ0) is 17.7. The number of rotatable bonds is 6. The summed E-state index contributed by atoms with van der Waals surface area (Å²) in [4.78, 5) is 37.4. The monoisotopic (exact) mass is 327 g/mol. The number of nitrogens with zero attached hydrogens (tertiary/aromatic N) is 1. The third-order valence-corrected chi connectivity index (χ3v) is 4.03. The van der Waals surface area contributed by atoms with Gasteiger partial charge in [-0.05, 0) is 24.5 Å². The Labute approximate surface area is 141 Å². The van der Waals surface area contributed by atoms with E-state index in [9.17, 15) is 14.4 Å². The van der Waals surface area contributed by atoms with Crippen LogP contribution in [0.4, 0.5) is 4.79 Å². The molecule has 0 aromatic heterocycles. The number of nitrogens with one attached hydrogen (secondary N) is 2. The Morgan fingerprint density at radius 2 is 2.00 bits per heavy atom. The van der Waals surface area contributed by atoms with Crippen LogP contribution in [0.3, 0.4) is 0 Å². The maximum absolute atomic E-state index is 12.7. The van der Waals surface area contributed by atoms with E-state index < -0.39 is 23.4 Å². The summed E-state index contributed by atoms with van der Waals surface area (Å²) >= 11 is 0. The lowest BCUT2D eigenvalue weighted by Crippen LogP contribution is -2.43. The molecular formula is C18H21N3O3. The standard InChI is InChI=1S/C18H21N3O3/c1-4-6-13-7-9-14(10-8-13)18(3)16(23)21(17(24)20-18)12-15(22)19-11-5-2/h2,7-10H,4,6,11-12H2,1,3H3,(H,19,22)(H,20,24)/t18-/m1/s1. The molecule has 6 heteroatoms. The molecule has 0 unspecified atom stereocenters. The minimum absolute atomic E-state index is 0.0542. The van der Waals surface area contributed by atoms with Crippen molar-refractivity contribution in [3.8, 4) is 12.3 Å². The number of benzene rings is 1. The van der Waals surface area contributed by atoms with Gasteiger partial charge in [-0.15, -0.1) is 6.42 Å². The molecule has 1 fully saturated rings. The average molecular weight is 327 g/mol. The highest BCUT2D eigenvalue weighted by Crippen LogP contribution is 2.29. The van der Waals surface area contributed by atoms with E-state index in [0.29, 0.717) is 5.56 Å². The van der Waals surface area contributed by atoms with Crippen LogP contribution in [0.15, 0.2) is 24.3 Å². The Balaban J connectivity index is 2.16. The maximum Gasteiger partial charge on any atom is 0.325 e. The van der Waals surface area contributed by atoms with E-state index in [1.807, 2.05) is 24.3 Å². The van der Waals surface area contributed by atoms with Crippen molar-refractivity contribution in [2.24, 2.45) is 0 Å². The Bertz CT molecular complexity index is 690. The molecule has 0 aliphatic carbocycles. The third-order valence-electron chi connectivity index (χ3n) is 4.03. The molecule has 1 aromatic carbocycles. The highest BCUT2D eigenvalue weighted by molar-refractivity contribution is 6.09. The van der Waals surface area contributed by atoms with Crippen LogP contribution in [0.2, 0.25) is 0 Å². The fourth-order valence-corrected chi connectivity index (χ4v) is 2.68. The first kappa shape index (κ1) is 17.5. The van der Waals surface area contributed by atoms with Gasteiger partial charge in [-0.1, -0.05) is 43.5 Å². The summed E-state index contributed by atoms with van der Waals surface area (Å²) in [6, 6.07) is 6.99. The fraction of sp³-hybridized carbons (Fsp3) is 0.389. The summed E-state index contributed by atoms with van der Waals surface area (Å²) < 4.78 is 0. The molecule has 0 radical (unpaired) electrons. The Hall–Kier alpha value is -2.81. The lowest BCUT2D eigenvalue weighted by atomic mass is 9.91. The van der Waals surface area contributed by atoms with Gasteiger partial charge in [0.05, 0.1) is 6.54 Å². The molecular weight excluding hydrogens is 306 g/mol. The van der Waals surface area contributed by atoms with Crippen LogP contribution >= 0.6 is 0 Å². The van der Waals surface area contributed by atoms with Gasteiger partial charge in [0.1, 0.15) is 12.1 Å². The van der Waals surface area contributed by atoms with Crippen LogP contribution in [-0.4, -0.2) is 35.8 Å². The average Bonchev–Trinajstić information content (AvgIpc) is 2.78. The molecule has 1 aliphatic rings. The first-order valence-corrected chi connectivity index (χ1v) is 7.86. The van der Waals surface area contributed by atoms with Crippen molar-refractivity contribution in [2.45, 2.75) is 32.2 Å². The second-order valence-corrected chi connectivity index (χ2v) is 5.87. The van der Waals surface area contributed by atoms with Crippen molar-refractivity contribution >= 4 is 17.8 Å². The molecule has 4 amide bonds. The highest BCUT2D eigenvalue weighted by Gasteiger charge is 2.49. The summed E-state index contributed by atoms with van der Waals surface area (Å²) in [5.41, 5.74) is 0.688. The number of carbonyl (C=O) groups excluding carboxylic acids is 3. The van der Waals surface area contributed by atoms with Gasteiger partial charge in [-0.3, -0.25) is 14.5 Å². The quantitative estimate of drug-likeness (QED) is 0.608. The first-order chi connectivity index (χ1) is 11.4. The van der Waals surface area contributed by atoms with Crippen molar-refractivity contribution in [3.63, 3.8) is 0 Å². The van der Waals surface area contributed by atoms with Gasteiger partial charge < -0.3 is 10.6 Å². The second kappa shape index (κ2) is 7.18. The molecule has 0 spiro atoms. The van der Waals surface area contributed by atoms with Crippen LogP contribution in [0.1, 0.15) is 31.4 Å². The van der Waals surface area contributed by atoms with Crippen LogP contribution in [-0.2, 0) is 21.5 Å². The topological polar surface area (TPSA) is 78.5 Å². The largest absolute Gasteiger partial charge is 0.344 e. The van der Waals surface area contributed by atoms with Gasteiger partial charge in [0.15, 0.2) is 0 Å².